The van der Waals surface area contributed by atoms with Gasteiger partial charge in [-0.25, -0.2) is 4.98 Å². The lowest BCUT2D eigenvalue weighted by Crippen LogP contribution is -2.49. The second-order valence-corrected chi connectivity index (χ2v) is 10.5. The molecule has 1 amide bonds. The van der Waals surface area contributed by atoms with Gasteiger partial charge in [0, 0.05) is 55.6 Å². The molecule has 0 spiro atoms. The van der Waals surface area contributed by atoms with Crippen LogP contribution in [0.5, 0.6) is 0 Å². The molecule has 2 aliphatic rings. The van der Waals surface area contributed by atoms with Crippen LogP contribution in [0.15, 0.2) is 30.3 Å². The van der Waals surface area contributed by atoms with Crippen LogP contribution < -0.4 is 14.9 Å². The van der Waals surface area contributed by atoms with Crippen LogP contribution in [0.4, 0.5) is 11.5 Å². The number of benzene rings is 1. The van der Waals surface area contributed by atoms with Crippen LogP contribution >= 0.6 is 35.1 Å². The van der Waals surface area contributed by atoms with Crippen molar-refractivity contribution in [3.05, 3.63) is 51.8 Å². The second kappa shape index (κ2) is 10.4. The molecule has 0 radical (unpaired) electrons. The van der Waals surface area contributed by atoms with Crippen molar-refractivity contribution in [3.63, 3.8) is 0 Å². The number of halogens is 2. The largest absolute Gasteiger partial charge is 0.354 e. The van der Waals surface area contributed by atoms with Crippen LogP contribution in [-0.2, 0) is 0 Å². The third kappa shape index (κ3) is 5.05. The standard InChI is InChI=1S/C24H29Cl2N7OS/c1-15-14-31(10-8-27-15)23-13-21(26)28-22-12-19(29-33(22)23)20-5-3-4-9-32(20)24(34)17-11-16(25)6-7-18(17)30-35-2/h6-7,11-13,15,20,27,30H,3-5,8-10,14H2,1-2H3/t15-,20?/m1/s1. The number of piperazine rings is 1. The number of anilines is 2. The monoisotopic (exact) mass is 533 g/mol. The van der Waals surface area contributed by atoms with Crippen molar-refractivity contribution in [2.24, 2.45) is 0 Å². The van der Waals surface area contributed by atoms with E-state index in [-0.39, 0.29) is 11.9 Å². The van der Waals surface area contributed by atoms with Gasteiger partial charge in [0.25, 0.3) is 5.91 Å². The Kier molecular flexibility index (Phi) is 7.29. The summed E-state index contributed by atoms with van der Waals surface area (Å²) < 4.78 is 5.08. The van der Waals surface area contributed by atoms with Gasteiger partial charge in [0.1, 0.15) is 11.0 Å². The van der Waals surface area contributed by atoms with Gasteiger partial charge in [0.15, 0.2) is 5.65 Å². The molecule has 1 aromatic carbocycles. The number of amides is 1. The molecule has 2 fully saturated rings. The number of carbonyl (C=O) groups excluding carboxylic acids is 1. The van der Waals surface area contributed by atoms with Crippen molar-refractivity contribution < 1.29 is 4.79 Å². The first kappa shape index (κ1) is 24.5. The fourth-order valence-corrected chi connectivity index (χ4v) is 5.76. The Morgan fingerprint density at radius 2 is 2.06 bits per heavy atom. The summed E-state index contributed by atoms with van der Waals surface area (Å²) in [6.45, 7) is 5.45. The van der Waals surface area contributed by atoms with Gasteiger partial charge in [-0.1, -0.05) is 35.1 Å². The van der Waals surface area contributed by atoms with Gasteiger partial charge in [-0.05, 0) is 44.4 Å². The highest BCUT2D eigenvalue weighted by Crippen LogP contribution is 2.35. The van der Waals surface area contributed by atoms with Gasteiger partial charge in [-0.15, -0.1) is 0 Å². The van der Waals surface area contributed by atoms with Gasteiger partial charge in [0.05, 0.1) is 23.0 Å². The Balaban J connectivity index is 1.51. The fraction of sp³-hybridized carbons (Fsp3) is 0.458. The Morgan fingerprint density at radius 1 is 1.20 bits per heavy atom. The van der Waals surface area contributed by atoms with Gasteiger partial charge in [-0.2, -0.15) is 9.61 Å². The number of aromatic nitrogens is 3. The molecule has 35 heavy (non-hydrogen) atoms. The number of fused-ring (bicyclic) bond motifs is 1. The van der Waals surface area contributed by atoms with E-state index in [2.05, 4.69) is 26.8 Å². The first-order chi connectivity index (χ1) is 16.9. The summed E-state index contributed by atoms with van der Waals surface area (Å²) in [7, 11) is 0. The Labute approximate surface area is 219 Å². The molecule has 0 saturated carbocycles. The number of rotatable bonds is 5. The highest BCUT2D eigenvalue weighted by atomic mass is 35.5. The van der Waals surface area contributed by atoms with Crippen molar-refractivity contribution in [2.75, 3.05) is 42.1 Å². The Hall–Kier alpha value is -2.20. The molecule has 2 N–H and O–H groups in total. The van der Waals surface area contributed by atoms with E-state index in [0.29, 0.717) is 34.0 Å². The number of carbonyl (C=O) groups is 1. The average Bonchev–Trinajstić information content (AvgIpc) is 3.28. The smallest absolute Gasteiger partial charge is 0.256 e. The number of piperidine rings is 1. The van der Waals surface area contributed by atoms with E-state index in [9.17, 15) is 4.79 Å². The highest BCUT2D eigenvalue weighted by molar-refractivity contribution is 7.99. The summed E-state index contributed by atoms with van der Waals surface area (Å²) in [5.41, 5.74) is 2.85. The van der Waals surface area contributed by atoms with Crippen molar-refractivity contribution in [1.29, 1.82) is 0 Å². The lowest BCUT2D eigenvalue weighted by atomic mass is 9.98. The maximum absolute atomic E-state index is 13.8. The number of hydrogen-bond donors (Lipinski definition) is 2. The predicted octanol–water partition coefficient (Wildman–Crippen LogP) is 4.89. The van der Waals surface area contributed by atoms with E-state index in [0.717, 1.165) is 56.1 Å². The molecule has 5 rings (SSSR count). The predicted molar refractivity (Wildman–Crippen MR) is 144 cm³/mol. The van der Waals surface area contributed by atoms with Crippen LogP contribution in [0.1, 0.15) is 48.3 Å². The second-order valence-electron chi connectivity index (χ2n) is 9.08. The summed E-state index contributed by atoms with van der Waals surface area (Å²) in [6, 6.07) is 9.45. The van der Waals surface area contributed by atoms with Crippen molar-refractivity contribution in [1.82, 2.24) is 24.8 Å². The molecule has 3 aromatic rings. The van der Waals surface area contributed by atoms with Crippen molar-refractivity contribution >= 4 is 58.2 Å². The van der Waals surface area contributed by atoms with Crippen LogP contribution in [0, 0.1) is 0 Å². The highest BCUT2D eigenvalue weighted by Gasteiger charge is 2.32. The minimum absolute atomic E-state index is 0.0482. The third-order valence-electron chi connectivity index (χ3n) is 6.62. The van der Waals surface area contributed by atoms with Crippen molar-refractivity contribution in [3.8, 4) is 0 Å². The summed E-state index contributed by atoms with van der Waals surface area (Å²) >= 11 is 14.1. The van der Waals surface area contributed by atoms with Crippen LogP contribution in [0.3, 0.4) is 0 Å². The zero-order valence-corrected chi connectivity index (χ0v) is 22.1. The first-order valence-corrected chi connectivity index (χ1v) is 13.9. The van der Waals surface area contributed by atoms with E-state index >= 15 is 0 Å². The van der Waals surface area contributed by atoms with Crippen LogP contribution in [0.25, 0.3) is 5.65 Å². The quantitative estimate of drug-likeness (QED) is 0.357. The van der Waals surface area contributed by atoms with Crippen LogP contribution in [-0.4, -0.2) is 63.9 Å². The zero-order chi connectivity index (χ0) is 24.5. The summed E-state index contributed by atoms with van der Waals surface area (Å²) in [6.07, 6.45) is 4.76. The molecule has 186 valence electrons. The molecular formula is C24H29Cl2N7OS. The lowest BCUT2D eigenvalue weighted by Gasteiger charge is -2.35. The zero-order valence-electron chi connectivity index (χ0n) is 19.8. The molecule has 8 nitrogen and oxygen atoms in total. The third-order valence-corrected chi connectivity index (χ3v) is 7.47. The molecule has 2 aliphatic heterocycles. The lowest BCUT2D eigenvalue weighted by molar-refractivity contribution is 0.0607. The Bertz CT molecular complexity index is 1240. The summed E-state index contributed by atoms with van der Waals surface area (Å²) in [4.78, 5) is 22.5. The molecule has 11 heteroatoms. The minimum atomic E-state index is -0.146. The maximum Gasteiger partial charge on any atom is 0.256 e. The number of hydrogen-bond acceptors (Lipinski definition) is 7. The molecule has 2 saturated heterocycles. The average molecular weight is 535 g/mol. The van der Waals surface area contributed by atoms with E-state index in [1.807, 2.05) is 33.9 Å². The van der Waals surface area contributed by atoms with E-state index < -0.39 is 0 Å². The first-order valence-electron chi connectivity index (χ1n) is 11.9. The van der Waals surface area contributed by atoms with Crippen molar-refractivity contribution in [2.45, 2.75) is 38.3 Å². The maximum atomic E-state index is 13.8. The van der Waals surface area contributed by atoms with E-state index in [1.54, 1.807) is 12.1 Å². The molecule has 2 aromatic heterocycles. The number of likely N-dealkylation sites (tertiary alicyclic amines) is 1. The van der Waals surface area contributed by atoms with Crippen LogP contribution in [0.2, 0.25) is 10.2 Å². The molecule has 0 aliphatic carbocycles. The molecule has 2 atom stereocenters. The molecule has 4 heterocycles. The minimum Gasteiger partial charge on any atom is -0.354 e. The Morgan fingerprint density at radius 3 is 2.86 bits per heavy atom. The number of nitrogens with one attached hydrogen (secondary N) is 2. The fourth-order valence-electron chi connectivity index (χ4n) is 5.00. The normalized spacial score (nSPS) is 20.9. The summed E-state index contributed by atoms with van der Waals surface area (Å²) in [5.74, 6) is 0.877. The van der Waals surface area contributed by atoms with E-state index in [1.165, 1.54) is 11.9 Å². The SMILES string of the molecule is CSNc1ccc(Cl)cc1C(=O)N1CCCCC1c1cc2nc(Cl)cc(N3CCN[C@H](C)C3)n2n1. The van der Waals surface area contributed by atoms with Gasteiger partial charge in [0.2, 0.25) is 0 Å². The molecule has 0 bridgehead atoms. The van der Waals surface area contributed by atoms with Gasteiger partial charge in [-0.3, -0.25) is 4.79 Å². The topological polar surface area (TPSA) is 77.8 Å². The number of nitrogens with zero attached hydrogens (tertiary/aromatic N) is 5. The van der Waals surface area contributed by atoms with Gasteiger partial charge >= 0.3 is 0 Å². The van der Waals surface area contributed by atoms with Gasteiger partial charge < -0.3 is 19.8 Å². The van der Waals surface area contributed by atoms with E-state index in [4.69, 9.17) is 28.3 Å². The molecule has 1 unspecified atom stereocenters. The molecular weight excluding hydrogens is 505 g/mol. The summed E-state index contributed by atoms with van der Waals surface area (Å²) in [5, 5.41) is 9.42.